The smallest absolute Gasteiger partial charge is 0.123 e. The molecule has 0 aliphatic carbocycles. The third-order valence-electron chi connectivity index (χ3n) is 3.44. The normalized spacial score (nSPS) is 12.0. The van der Waals surface area contributed by atoms with Crippen LogP contribution in [0.15, 0.2) is 48.5 Å². The Morgan fingerprint density at radius 2 is 1.81 bits per heavy atom. The summed E-state index contributed by atoms with van der Waals surface area (Å²) in [4.78, 5) is 0. The minimum atomic E-state index is 0.00950. The molecule has 0 heterocycles. The van der Waals surface area contributed by atoms with E-state index in [1.54, 1.807) is 14.2 Å². The van der Waals surface area contributed by atoms with Crippen LogP contribution in [0.5, 0.6) is 11.5 Å². The van der Waals surface area contributed by atoms with Crippen molar-refractivity contribution >= 4 is 0 Å². The lowest BCUT2D eigenvalue weighted by Crippen LogP contribution is -2.28. The van der Waals surface area contributed by atoms with Crippen LogP contribution in [0.25, 0.3) is 0 Å². The second-order valence-corrected chi connectivity index (χ2v) is 4.76. The lowest BCUT2D eigenvalue weighted by Gasteiger charge is -2.20. The minimum absolute atomic E-state index is 0.00950. The zero-order chi connectivity index (χ0) is 15.1. The molecule has 0 bridgehead atoms. The van der Waals surface area contributed by atoms with Crippen LogP contribution in [0.2, 0.25) is 0 Å². The molecule has 0 aliphatic heterocycles. The molecule has 2 rings (SSSR count). The predicted molar refractivity (Wildman–Crippen MR) is 84.6 cm³/mol. The quantitative estimate of drug-likeness (QED) is 0.821. The number of hydrogen-bond acceptors (Lipinski definition) is 4. The van der Waals surface area contributed by atoms with E-state index in [0.29, 0.717) is 6.54 Å². The van der Waals surface area contributed by atoms with E-state index in [9.17, 15) is 0 Å². The molecule has 21 heavy (non-hydrogen) atoms. The van der Waals surface area contributed by atoms with Gasteiger partial charge in [-0.2, -0.15) is 0 Å². The van der Waals surface area contributed by atoms with E-state index in [1.807, 2.05) is 36.4 Å². The summed E-state index contributed by atoms with van der Waals surface area (Å²) in [6.07, 6.45) is 0. The molecular weight excluding hydrogens is 264 g/mol. The Labute approximate surface area is 125 Å². The molecule has 2 aromatic rings. The van der Waals surface area contributed by atoms with Crippen LogP contribution in [0, 0.1) is 0 Å². The largest absolute Gasteiger partial charge is 0.497 e. The monoisotopic (exact) mass is 286 g/mol. The highest BCUT2D eigenvalue weighted by Gasteiger charge is 2.15. The van der Waals surface area contributed by atoms with E-state index in [2.05, 4.69) is 17.4 Å². The average Bonchev–Trinajstić information content (AvgIpc) is 2.56. The van der Waals surface area contributed by atoms with Gasteiger partial charge in [0, 0.05) is 24.7 Å². The molecule has 0 spiro atoms. The number of rotatable bonds is 7. The Balaban J connectivity index is 2.16. The van der Waals surface area contributed by atoms with Gasteiger partial charge in [-0.15, -0.1) is 0 Å². The van der Waals surface area contributed by atoms with Gasteiger partial charge in [0.1, 0.15) is 11.5 Å². The molecule has 1 unspecified atom stereocenters. The summed E-state index contributed by atoms with van der Waals surface area (Å²) in [6.45, 7) is 1.24. The highest BCUT2D eigenvalue weighted by Crippen LogP contribution is 2.29. The topological polar surface area (TPSA) is 56.5 Å². The molecule has 4 nitrogen and oxygen atoms in total. The van der Waals surface area contributed by atoms with Crippen molar-refractivity contribution in [3.63, 3.8) is 0 Å². The number of nitrogens with one attached hydrogen (secondary N) is 1. The molecule has 4 heteroatoms. The maximum atomic E-state index is 5.93. The van der Waals surface area contributed by atoms with Gasteiger partial charge >= 0.3 is 0 Å². The zero-order valence-electron chi connectivity index (χ0n) is 12.5. The second kappa shape index (κ2) is 7.67. The van der Waals surface area contributed by atoms with E-state index >= 15 is 0 Å². The van der Waals surface area contributed by atoms with Gasteiger partial charge < -0.3 is 20.5 Å². The molecule has 0 amide bonds. The Hall–Kier alpha value is -2.04. The summed E-state index contributed by atoms with van der Waals surface area (Å²) in [5.74, 6) is 1.61. The summed E-state index contributed by atoms with van der Waals surface area (Å²) < 4.78 is 10.7. The van der Waals surface area contributed by atoms with Gasteiger partial charge in [0.15, 0.2) is 0 Å². The Morgan fingerprint density at radius 1 is 1.05 bits per heavy atom. The van der Waals surface area contributed by atoms with Crippen molar-refractivity contribution in [2.24, 2.45) is 5.73 Å². The fraction of sp³-hybridized carbons (Fsp3) is 0.294. The van der Waals surface area contributed by atoms with E-state index in [4.69, 9.17) is 15.2 Å². The first kappa shape index (κ1) is 15.4. The van der Waals surface area contributed by atoms with E-state index in [1.165, 1.54) is 5.56 Å². The van der Waals surface area contributed by atoms with Gasteiger partial charge in [-0.25, -0.2) is 0 Å². The van der Waals surface area contributed by atoms with E-state index in [-0.39, 0.29) is 6.04 Å². The molecule has 0 aromatic heterocycles. The third-order valence-corrected chi connectivity index (χ3v) is 3.44. The van der Waals surface area contributed by atoms with Crippen LogP contribution in [-0.4, -0.2) is 20.8 Å². The van der Waals surface area contributed by atoms with Gasteiger partial charge in [-0.1, -0.05) is 30.3 Å². The molecular formula is C17H22N2O2. The van der Waals surface area contributed by atoms with Gasteiger partial charge in [0.05, 0.1) is 14.2 Å². The summed E-state index contributed by atoms with van der Waals surface area (Å²) >= 11 is 0. The van der Waals surface area contributed by atoms with Crippen LogP contribution in [-0.2, 0) is 6.54 Å². The summed E-state index contributed by atoms with van der Waals surface area (Å²) in [7, 11) is 3.32. The average molecular weight is 286 g/mol. The fourth-order valence-electron chi connectivity index (χ4n) is 2.27. The van der Waals surface area contributed by atoms with Crippen molar-refractivity contribution in [3.05, 3.63) is 59.7 Å². The number of methoxy groups -OCH3 is 2. The Bertz CT molecular complexity index is 558. The third kappa shape index (κ3) is 3.97. The Kier molecular flexibility index (Phi) is 5.60. The van der Waals surface area contributed by atoms with Crippen molar-refractivity contribution in [1.82, 2.24) is 5.32 Å². The zero-order valence-corrected chi connectivity index (χ0v) is 12.5. The predicted octanol–water partition coefficient (Wildman–Crippen LogP) is 2.49. The first-order chi connectivity index (χ1) is 10.3. The van der Waals surface area contributed by atoms with Crippen LogP contribution in [0.4, 0.5) is 0 Å². The van der Waals surface area contributed by atoms with Gasteiger partial charge in [-0.3, -0.25) is 0 Å². The fourth-order valence-corrected chi connectivity index (χ4v) is 2.27. The van der Waals surface area contributed by atoms with Crippen molar-refractivity contribution in [2.45, 2.75) is 12.6 Å². The SMILES string of the molecule is COc1ccc(OC)c(C(CN)NCc2ccccc2)c1. The Morgan fingerprint density at radius 3 is 2.43 bits per heavy atom. The molecule has 0 radical (unpaired) electrons. The first-order valence-corrected chi connectivity index (χ1v) is 6.97. The number of ether oxygens (including phenoxy) is 2. The molecule has 112 valence electrons. The van der Waals surface area contributed by atoms with E-state index in [0.717, 1.165) is 23.6 Å². The molecule has 1 atom stereocenters. The standard InChI is InChI=1S/C17H22N2O2/c1-20-14-8-9-17(21-2)15(10-14)16(11-18)19-12-13-6-4-3-5-7-13/h3-10,16,19H,11-12,18H2,1-2H3. The highest BCUT2D eigenvalue weighted by atomic mass is 16.5. The van der Waals surface area contributed by atoms with Crippen molar-refractivity contribution in [1.29, 1.82) is 0 Å². The minimum Gasteiger partial charge on any atom is -0.497 e. The number of hydrogen-bond donors (Lipinski definition) is 2. The summed E-state index contributed by atoms with van der Waals surface area (Å²) in [6, 6.07) is 16.0. The number of benzene rings is 2. The molecule has 0 saturated heterocycles. The van der Waals surface area contributed by atoms with Gasteiger partial charge in [0.2, 0.25) is 0 Å². The van der Waals surface area contributed by atoms with Crippen LogP contribution in [0.3, 0.4) is 0 Å². The maximum Gasteiger partial charge on any atom is 0.123 e. The van der Waals surface area contributed by atoms with Crippen molar-refractivity contribution in [3.8, 4) is 11.5 Å². The van der Waals surface area contributed by atoms with Gasteiger partial charge in [-0.05, 0) is 23.8 Å². The van der Waals surface area contributed by atoms with Gasteiger partial charge in [0.25, 0.3) is 0 Å². The molecule has 3 N–H and O–H groups in total. The van der Waals surface area contributed by atoms with Crippen LogP contribution in [0.1, 0.15) is 17.2 Å². The highest BCUT2D eigenvalue weighted by molar-refractivity contribution is 5.42. The first-order valence-electron chi connectivity index (χ1n) is 6.97. The lowest BCUT2D eigenvalue weighted by atomic mass is 10.0. The summed E-state index contributed by atoms with van der Waals surface area (Å²) in [5.41, 5.74) is 8.15. The molecule has 0 aliphatic rings. The van der Waals surface area contributed by atoms with Crippen molar-refractivity contribution in [2.75, 3.05) is 20.8 Å². The lowest BCUT2D eigenvalue weighted by molar-refractivity contribution is 0.389. The van der Waals surface area contributed by atoms with Crippen molar-refractivity contribution < 1.29 is 9.47 Å². The second-order valence-electron chi connectivity index (χ2n) is 4.76. The van der Waals surface area contributed by atoms with Crippen LogP contribution >= 0.6 is 0 Å². The maximum absolute atomic E-state index is 5.93. The molecule has 0 fully saturated rings. The molecule has 0 saturated carbocycles. The van der Waals surface area contributed by atoms with Crippen LogP contribution < -0.4 is 20.5 Å². The van der Waals surface area contributed by atoms with E-state index < -0.39 is 0 Å². The number of nitrogens with two attached hydrogens (primary N) is 1. The molecule has 2 aromatic carbocycles. The summed E-state index contributed by atoms with van der Waals surface area (Å²) in [5, 5.41) is 3.47.